The number of nitrogens with zero attached hydrogens (tertiary/aromatic N) is 1. The van der Waals surface area contributed by atoms with Crippen LogP contribution in [0.5, 0.6) is 0 Å². The van der Waals surface area contributed by atoms with Crippen LogP contribution in [0.15, 0.2) is 48.5 Å². The molecule has 3 heteroatoms. The van der Waals surface area contributed by atoms with Crippen molar-refractivity contribution < 1.29 is 4.79 Å². The van der Waals surface area contributed by atoms with Gasteiger partial charge in [0.2, 0.25) is 5.91 Å². The first-order chi connectivity index (χ1) is 11.2. The summed E-state index contributed by atoms with van der Waals surface area (Å²) in [5.41, 5.74) is 3.82. The predicted octanol–water partition coefficient (Wildman–Crippen LogP) is 4.59. The topological polar surface area (TPSA) is 20.3 Å². The van der Waals surface area contributed by atoms with Gasteiger partial charge in [0, 0.05) is 18.0 Å². The fourth-order valence-corrected chi connectivity index (χ4v) is 4.22. The summed E-state index contributed by atoms with van der Waals surface area (Å²) in [4.78, 5) is 14.8. The van der Waals surface area contributed by atoms with E-state index in [1.807, 2.05) is 36.2 Å². The van der Waals surface area contributed by atoms with Crippen LogP contribution in [-0.2, 0) is 11.2 Å². The number of carbonyl (C=O) groups excluding carboxylic acids is 1. The zero-order valence-corrected chi connectivity index (χ0v) is 14.0. The van der Waals surface area contributed by atoms with Gasteiger partial charge in [-0.15, -0.1) is 0 Å². The summed E-state index contributed by atoms with van der Waals surface area (Å²) in [7, 11) is 1.96. The first-order valence-electron chi connectivity index (χ1n) is 8.25. The van der Waals surface area contributed by atoms with Gasteiger partial charge in [-0.05, 0) is 47.9 Å². The lowest BCUT2D eigenvalue weighted by Crippen LogP contribution is -2.31. The molecular weight excluding hydrogens is 306 g/mol. The smallest absolute Gasteiger partial charge is 0.226 e. The number of hydrogen-bond acceptors (Lipinski definition) is 1. The molecule has 0 radical (unpaired) electrons. The van der Waals surface area contributed by atoms with Gasteiger partial charge in [0.1, 0.15) is 0 Å². The van der Waals surface area contributed by atoms with E-state index in [4.69, 9.17) is 11.6 Å². The molecule has 0 bridgehead atoms. The normalized spacial score (nSPS) is 25.0. The zero-order chi connectivity index (χ0) is 16.0. The van der Waals surface area contributed by atoms with E-state index in [0.29, 0.717) is 0 Å². The minimum absolute atomic E-state index is 0.0904. The molecule has 3 unspecified atom stereocenters. The number of amides is 1. The summed E-state index contributed by atoms with van der Waals surface area (Å²) in [6.45, 7) is 0. The molecule has 2 aromatic rings. The molecule has 1 amide bonds. The van der Waals surface area contributed by atoms with E-state index in [9.17, 15) is 4.79 Å². The van der Waals surface area contributed by atoms with Crippen LogP contribution in [0.4, 0.5) is 0 Å². The van der Waals surface area contributed by atoms with Crippen LogP contribution in [0.25, 0.3) is 0 Å². The van der Waals surface area contributed by atoms with Gasteiger partial charge in [-0.1, -0.05) is 54.1 Å². The van der Waals surface area contributed by atoms with Gasteiger partial charge in [-0.2, -0.15) is 0 Å². The zero-order valence-electron chi connectivity index (χ0n) is 13.2. The Morgan fingerprint density at radius 3 is 2.57 bits per heavy atom. The number of carbonyl (C=O) groups is 1. The molecule has 23 heavy (non-hydrogen) atoms. The van der Waals surface area contributed by atoms with Crippen LogP contribution in [-0.4, -0.2) is 17.9 Å². The number of fused-ring (bicyclic) bond motifs is 1. The first kappa shape index (κ1) is 14.8. The molecule has 2 aliphatic carbocycles. The minimum Gasteiger partial charge on any atom is -0.338 e. The second-order valence-electron chi connectivity index (χ2n) is 6.67. The lowest BCUT2D eigenvalue weighted by atomic mass is 10.1. The Kier molecular flexibility index (Phi) is 3.65. The Morgan fingerprint density at radius 1 is 1.09 bits per heavy atom. The van der Waals surface area contributed by atoms with Gasteiger partial charge in [0.05, 0.1) is 6.04 Å². The van der Waals surface area contributed by atoms with E-state index in [1.54, 1.807) is 0 Å². The number of benzene rings is 2. The summed E-state index contributed by atoms with van der Waals surface area (Å²) in [5.74, 6) is 0.639. The second-order valence-corrected chi connectivity index (χ2v) is 7.08. The van der Waals surface area contributed by atoms with Crippen LogP contribution < -0.4 is 0 Å². The number of aryl methyl sites for hydroxylation is 1. The molecular formula is C20H20ClNO. The average molecular weight is 326 g/mol. The summed E-state index contributed by atoms with van der Waals surface area (Å²) in [6.07, 6.45) is 3.02. The van der Waals surface area contributed by atoms with E-state index in [0.717, 1.165) is 29.8 Å². The maximum absolute atomic E-state index is 12.9. The summed E-state index contributed by atoms with van der Waals surface area (Å²) in [6, 6.07) is 16.6. The van der Waals surface area contributed by atoms with Crippen LogP contribution >= 0.6 is 11.6 Å². The van der Waals surface area contributed by atoms with Crippen molar-refractivity contribution in [2.75, 3.05) is 7.05 Å². The van der Waals surface area contributed by atoms with E-state index in [2.05, 4.69) is 24.3 Å². The van der Waals surface area contributed by atoms with E-state index < -0.39 is 0 Å². The standard InChI is InChI=1S/C20H20ClNO/c1-22(19-11-10-13-6-2-3-7-14(13)19)20(23)17-12-16(17)15-8-4-5-9-18(15)21/h2-9,16-17,19H,10-12H2,1H3. The Bertz CT molecular complexity index is 757. The first-order valence-corrected chi connectivity index (χ1v) is 8.63. The molecule has 2 aliphatic rings. The van der Waals surface area contributed by atoms with Gasteiger partial charge in [0.15, 0.2) is 0 Å². The molecule has 0 N–H and O–H groups in total. The quantitative estimate of drug-likeness (QED) is 0.808. The Morgan fingerprint density at radius 2 is 1.78 bits per heavy atom. The SMILES string of the molecule is CN(C(=O)C1CC1c1ccccc1Cl)C1CCc2ccccc21. The largest absolute Gasteiger partial charge is 0.338 e. The third-order valence-corrected chi connectivity index (χ3v) is 5.67. The molecule has 1 fully saturated rings. The Labute approximate surface area is 142 Å². The lowest BCUT2D eigenvalue weighted by Gasteiger charge is -2.26. The predicted molar refractivity (Wildman–Crippen MR) is 92.6 cm³/mol. The average Bonchev–Trinajstić information content (AvgIpc) is 3.25. The number of rotatable bonds is 3. The fraction of sp³-hybridized carbons (Fsp3) is 0.350. The molecule has 3 atom stereocenters. The van der Waals surface area contributed by atoms with Crippen molar-refractivity contribution in [2.45, 2.75) is 31.2 Å². The number of hydrogen-bond donors (Lipinski definition) is 0. The molecule has 0 saturated heterocycles. The maximum Gasteiger partial charge on any atom is 0.226 e. The van der Waals surface area contributed by atoms with Crippen molar-refractivity contribution in [3.8, 4) is 0 Å². The van der Waals surface area contributed by atoms with Gasteiger partial charge >= 0.3 is 0 Å². The van der Waals surface area contributed by atoms with Crippen molar-refractivity contribution >= 4 is 17.5 Å². The molecule has 2 nitrogen and oxygen atoms in total. The molecule has 4 rings (SSSR count). The third kappa shape index (κ3) is 2.55. The third-order valence-electron chi connectivity index (χ3n) is 5.33. The highest BCUT2D eigenvalue weighted by atomic mass is 35.5. The molecule has 2 aromatic carbocycles. The van der Waals surface area contributed by atoms with E-state index in [-0.39, 0.29) is 23.8 Å². The maximum atomic E-state index is 12.9. The van der Waals surface area contributed by atoms with Crippen LogP contribution in [0.1, 0.15) is 41.5 Å². The van der Waals surface area contributed by atoms with Crippen molar-refractivity contribution in [3.63, 3.8) is 0 Å². The van der Waals surface area contributed by atoms with Crippen molar-refractivity contribution in [3.05, 3.63) is 70.2 Å². The summed E-state index contributed by atoms with van der Waals surface area (Å²) < 4.78 is 0. The van der Waals surface area contributed by atoms with Crippen LogP contribution in [0, 0.1) is 5.92 Å². The Balaban J connectivity index is 1.50. The molecule has 0 spiro atoms. The van der Waals surface area contributed by atoms with Crippen molar-refractivity contribution in [2.24, 2.45) is 5.92 Å². The highest BCUT2D eigenvalue weighted by Crippen LogP contribution is 2.51. The van der Waals surface area contributed by atoms with Gasteiger partial charge in [-0.25, -0.2) is 0 Å². The second kappa shape index (κ2) is 5.68. The summed E-state index contributed by atoms with van der Waals surface area (Å²) >= 11 is 6.28. The van der Waals surface area contributed by atoms with Gasteiger partial charge in [-0.3, -0.25) is 4.79 Å². The van der Waals surface area contributed by atoms with Crippen molar-refractivity contribution in [1.82, 2.24) is 4.90 Å². The van der Waals surface area contributed by atoms with Gasteiger partial charge < -0.3 is 4.90 Å². The van der Waals surface area contributed by atoms with Gasteiger partial charge in [0.25, 0.3) is 0 Å². The van der Waals surface area contributed by atoms with Crippen LogP contribution in [0.3, 0.4) is 0 Å². The Hall–Kier alpha value is -1.80. The highest BCUT2D eigenvalue weighted by Gasteiger charge is 2.47. The van der Waals surface area contributed by atoms with Crippen LogP contribution in [0.2, 0.25) is 5.02 Å². The van der Waals surface area contributed by atoms with Crippen molar-refractivity contribution in [1.29, 1.82) is 0 Å². The monoisotopic (exact) mass is 325 g/mol. The van der Waals surface area contributed by atoms with E-state index >= 15 is 0 Å². The summed E-state index contributed by atoms with van der Waals surface area (Å²) in [5, 5.41) is 0.779. The molecule has 0 aliphatic heterocycles. The fourth-order valence-electron chi connectivity index (χ4n) is 3.94. The van der Waals surface area contributed by atoms with E-state index in [1.165, 1.54) is 11.1 Å². The lowest BCUT2D eigenvalue weighted by molar-refractivity contribution is -0.133. The molecule has 0 aromatic heterocycles. The molecule has 1 saturated carbocycles. The molecule has 0 heterocycles. The molecule has 118 valence electrons. The minimum atomic E-state index is 0.0904. The number of halogens is 1. The highest BCUT2D eigenvalue weighted by molar-refractivity contribution is 6.31.